The Morgan fingerprint density at radius 1 is 0.952 bits per heavy atom. The van der Waals surface area contributed by atoms with Gasteiger partial charge in [0.1, 0.15) is 0 Å². The Kier molecular flexibility index (Phi) is 4.81. The van der Waals surface area contributed by atoms with E-state index in [2.05, 4.69) is 4.90 Å². The van der Waals surface area contributed by atoms with Crippen LogP contribution in [0.15, 0.2) is 24.3 Å². The first kappa shape index (κ1) is 14.9. The average molecular weight is 307 g/mol. The van der Waals surface area contributed by atoms with Crippen molar-refractivity contribution >= 4 is 17.5 Å². The van der Waals surface area contributed by atoms with Crippen LogP contribution in [-0.4, -0.2) is 47.9 Å². The summed E-state index contributed by atoms with van der Waals surface area (Å²) in [7, 11) is 0. The van der Waals surface area contributed by atoms with Crippen LogP contribution in [0.1, 0.15) is 42.5 Å². The van der Waals surface area contributed by atoms with E-state index in [0.717, 1.165) is 31.5 Å². The molecule has 2 saturated heterocycles. The van der Waals surface area contributed by atoms with Crippen molar-refractivity contribution in [3.8, 4) is 0 Å². The second-order valence-corrected chi connectivity index (χ2v) is 6.56. The molecule has 4 heteroatoms. The van der Waals surface area contributed by atoms with Gasteiger partial charge in [-0.2, -0.15) is 0 Å². The molecule has 3 nitrogen and oxygen atoms in total. The highest BCUT2D eigenvalue weighted by molar-refractivity contribution is 6.30. The van der Waals surface area contributed by atoms with Crippen molar-refractivity contribution in [1.29, 1.82) is 0 Å². The Bertz CT molecular complexity index is 474. The number of carbonyl (C=O) groups excluding carboxylic acids is 1. The standard InChI is InChI=1S/C17H23ClN2O/c18-15-6-4-14(5-7-15)17(21)20-12-8-16(9-13-20)19-10-2-1-3-11-19/h4-7,16H,1-3,8-13H2. The van der Waals surface area contributed by atoms with Gasteiger partial charge in [0.25, 0.3) is 5.91 Å². The lowest BCUT2D eigenvalue weighted by molar-refractivity contribution is 0.0590. The number of likely N-dealkylation sites (tertiary alicyclic amines) is 2. The predicted molar refractivity (Wildman–Crippen MR) is 85.8 cm³/mol. The third-order valence-corrected chi connectivity index (χ3v) is 5.00. The summed E-state index contributed by atoms with van der Waals surface area (Å²) in [4.78, 5) is 17.1. The Balaban J connectivity index is 1.55. The molecule has 0 aliphatic carbocycles. The normalized spacial score (nSPS) is 21.5. The van der Waals surface area contributed by atoms with Crippen LogP contribution >= 0.6 is 11.6 Å². The minimum absolute atomic E-state index is 0.142. The molecule has 2 aliphatic heterocycles. The van der Waals surface area contributed by atoms with E-state index in [-0.39, 0.29) is 5.91 Å². The summed E-state index contributed by atoms with van der Waals surface area (Å²) < 4.78 is 0. The zero-order valence-corrected chi connectivity index (χ0v) is 13.2. The zero-order valence-electron chi connectivity index (χ0n) is 12.4. The highest BCUT2D eigenvalue weighted by atomic mass is 35.5. The fraction of sp³-hybridized carbons (Fsp3) is 0.588. The van der Waals surface area contributed by atoms with Crippen LogP contribution in [-0.2, 0) is 0 Å². The molecule has 1 aromatic carbocycles. The van der Waals surface area contributed by atoms with E-state index in [4.69, 9.17) is 11.6 Å². The summed E-state index contributed by atoms with van der Waals surface area (Å²) in [5.74, 6) is 0.142. The zero-order chi connectivity index (χ0) is 14.7. The quantitative estimate of drug-likeness (QED) is 0.836. The number of hydrogen-bond donors (Lipinski definition) is 0. The molecular weight excluding hydrogens is 284 g/mol. The molecule has 0 atom stereocenters. The summed E-state index contributed by atoms with van der Waals surface area (Å²) in [6.07, 6.45) is 6.27. The highest BCUT2D eigenvalue weighted by Crippen LogP contribution is 2.22. The average Bonchev–Trinajstić information content (AvgIpc) is 2.56. The van der Waals surface area contributed by atoms with Gasteiger partial charge in [-0.15, -0.1) is 0 Å². The number of hydrogen-bond acceptors (Lipinski definition) is 2. The Morgan fingerprint density at radius 2 is 1.57 bits per heavy atom. The number of nitrogens with zero attached hydrogens (tertiary/aromatic N) is 2. The smallest absolute Gasteiger partial charge is 0.253 e. The van der Waals surface area contributed by atoms with Gasteiger partial charge in [0, 0.05) is 29.7 Å². The van der Waals surface area contributed by atoms with E-state index < -0.39 is 0 Å². The molecule has 1 amide bonds. The largest absolute Gasteiger partial charge is 0.339 e. The fourth-order valence-corrected chi connectivity index (χ4v) is 3.62. The second-order valence-electron chi connectivity index (χ2n) is 6.13. The third-order valence-electron chi connectivity index (χ3n) is 4.75. The summed E-state index contributed by atoms with van der Waals surface area (Å²) in [5, 5.41) is 0.676. The predicted octanol–water partition coefficient (Wildman–Crippen LogP) is 3.43. The summed E-state index contributed by atoms with van der Waals surface area (Å²) >= 11 is 5.88. The molecular formula is C17H23ClN2O. The fourth-order valence-electron chi connectivity index (χ4n) is 3.49. The molecule has 0 spiro atoms. The van der Waals surface area contributed by atoms with Crippen LogP contribution < -0.4 is 0 Å². The minimum Gasteiger partial charge on any atom is -0.339 e. The molecule has 0 N–H and O–H groups in total. The van der Waals surface area contributed by atoms with Gasteiger partial charge in [0.05, 0.1) is 0 Å². The van der Waals surface area contributed by atoms with Crippen molar-refractivity contribution in [2.45, 2.75) is 38.1 Å². The summed E-state index contributed by atoms with van der Waals surface area (Å²) in [5.41, 5.74) is 0.746. The van der Waals surface area contributed by atoms with Crippen molar-refractivity contribution in [2.24, 2.45) is 0 Å². The van der Waals surface area contributed by atoms with Gasteiger partial charge in [-0.3, -0.25) is 4.79 Å². The number of piperidine rings is 2. The SMILES string of the molecule is O=C(c1ccc(Cl)cc1)N1CCC(N2CCCCC2)CC1. The monoisotopic (exact) mass is 306 g/mol. The maximum atomic E-state index is 12.5. The van der Waals surface area contributed by atoms with Crippen LogP contribution in [0.3, 0.4) is 0 Å². The van der Waals surface area contributed by atoms with E-state index >= 15 is 0 Å². The van der Waals surface area contributed by atoms with Crippen LogP contribution in [0, 0.1) is 0 Å². The highest BCUT2D eigenvalue weighted by Gasteiger charge is 2.27. The topological polar surface area (TPSA) is 23.6 Å². The van der Waals surface area contributed by atoms with E-state index in [9.17, 15) is 4.79 Å². The van der Waals surface area contributed by atoms with Crippen molar-refractivity contribution in [3.63, 3.8) is 0 Å². The summed E-state index contributed by atoms with van der Waals surface area (Å²) in [6, 6.07) is 7.90. The van der Waals surface area contributed by atoms with Crippen molar-refractivity contribution in [2.75, 3.05) is 26.2 Å². The van der Waals surface area contributed by atoms with E-state index in [1.807, 2.05) is 17.0 Å². The van der Waals surface area contributed by atoms with Gasteiger partial charge in [-0.1, -0.05) is 18.0 Å². The van der Waals surface area contributed by atoms with E-state index in [1.54, 1.807) is 12.1 Å². The Hall–Kier alpha value is -1.06. The Morgan fingerprint density at radius 3 is 2.19 bits per heavy atom. The van der Waals surface area contributed by atoms with E-state index in [0.29, 0.717) is 11.1 Å². The van der Waals surface area contributed by atoms with Crippen molar-refractivity contribution in [1.82, 2.24) is 9.80 Å². The van der Waals surface area contributed by atoms with Crippen LogP contribution in [0.4, 0.5) is 0 Å². The summed E-state index contributed by atoms with van der Waals surface area (Å²) in [6.45, 7) is 4.25. The van der Waals surface area contributed by atoms with E-state index in [1.165, 1.54) is 32.4 Å². The number of carbonyl (C=O) groups is 1. The molecule has 2 heterocycles. The first-order valence-corrected chi connectivity index (χ1v) is 8.41. The number of halogens is 1. The van der Waals surface area contributed by atoms with Crippen molar-refractivity contribution in [3.05, 3.63) is 34.9 Å². The van der Waals surface area contributed by atoms with Gasteiger partial charge < -0.3 is 9.80 Å². The lowest BCUT2D eigenvalue weighted by atomic mass is 9.99. The molecule has 0 aromatic heterocycles. The lowest BCUT2D eigenvalue weighted by Crippen LogP contribution is -2.48. The second kappa shape index (κ2) is 6.80. The van der Waals surface area contributed by atoms with Crippen LogP contribution in [0.2, 0.25) is 5.02 Å². The van der Waals surface area contributed by atoms with Gasteiger partial charge in [0.15, 0.2) is 0 Å². The van der Waals surface area contributed by atoms with Crippen LogP contribution in [0.5, 0.6) is 0 Å². The molecule has 3 rings (SSSR count). The molecule has 0 unspecified atom stereocenters. The minimum atomic E-state index is 0.142. The van der Waals surface area contributed by atoms with Gasteiger partial charge in [0.2, 0.25) is 0 Å². The molecule has 2 fully saturated rings. The first-order chi connectivity index (χ1) is 10.2. The third kappa shape index (κ3) is 3.58. The van der Waals surface area contributed by atoms with Gasteiger partial charge >= 0.3 is 0 Å². The van der Waals surface area contributed by atoms with Crippen LogP contribution in [0.25, 0.3) is 0 Å². The molecule has 114 valence electrons. The van der Waals surface area contributed by atoms with Gasteiger partial charge in [-0.05, 0) is 63.0 Å². The molecule has 2 aliphatic rings. The number of rotatable bonds is 2. The maximum absolute atomic E-state index is 12.5. The lowest BCUT2D eigenvalue weighted by Gasteiger charge is -2.40. The molecule has 1 aromatic rings. The molecule has 0 bridgehead atoms. The maximum Gasteiger partial charge on any atom is 0.253 e. The number of benzene rings is 1. The first-order valence-electron chi connectivity index (χ1n) is 8.03. The van der Waals surface area contributed by atoms with Crippen molar-refractivity contribution < 1.29 is 4.79 Å². The molecule has 21 heavy (non-hydrogen) atoms. The Labute approximate surface area is 131 Å². The number of amides is 1. The molecule has 0 saturated carbocycles. The molecule has 0 radical (unpaired) electrons. The van der Waals surface area contributed by atoms with Gasteiger partial charge in [-0.25, -0.2) is 0 Å².